The number of hydrogen-bond donors (Lipinski definition) is 4. The number of methoxy groups -OCH3 is 2. The number of carbonyl (C=O) groups is 2. The highest BCUT2D eigenvalue weighted by atomic mass is 16.5. The molecule has 0 bridgehead atoms. The van der Waals surface area contributed by atoms with Crippen molar-refractivity contribution in [1.29, 1.82) is 0 Å². The number of ether oxygens (including phenoxy) is 2. The van der Waals surface area contributed by atoms with E-state index in [-0.39, 0.29) is 24.1 Å². The van der Waals surface area contributed by atoms with Crippen molar-refractivity contribution in [2.75, 3.05) is 26.1 Å². The number of aryl methyl sites for hydroxylation is 1. The van der Waals surface area contributed by atoms with Gasteiger partial charge in [0.15, 0.2) is 11.5 Å². The summed E-state index contributed by atoms with van der Waals surface area (Å²) >= 11 is 0. The molecule has 186 valence electrons. The lowest BCUT2D eigenvalue weighted by Crippen LogP contribution is -2.38. The molecule has 0 aliphatic carbocycles. The second-order valence-electron chi connectivity index (χ2n) is 8.77. The van der Waals surface area contributed by atoms with Crippen LogP contribution in [0.1, 0.15) is 46.5 Å². The van der Waals surface area contributed by atoms with Crippen LogP contribution in [0.25, 0.3) is 10.9 Å². The Kier molecular flexibility index (Phi) is 8.14. The van der Waals surface area contributed by atoms with E-state index in [0.717, 1.165) is 5.56 Å². The smallest absolute Gasteiger partial charge is 0.261 e. The van der Waals surface area contributed by atoms with Crippen molar-refractivity contribution in [1.82, 2.24) is 10.3 Å². The molecule has 2 amide bonds. The molecule has 35 heavy (non-hydrogen) atoms. The van der Waals surface area contributed by atoms with Gasteiger partial charge >= 0.3 is 0 Å². The van der Waals surface area contributed by atoms with Gasteiger partial charge in [-0.05, 0) is 49.1 Å². The summed E-state index contributed by atoms with van der Waals surface area (Å²) in [7, 11) is 3.00. The molecule has 0 fully saturated rings. The van der Waals surface area contributed by atoms with Crippen LogP contribution < -0.4 is 25.7 Å². The number of nitrogens with one attached hydrogen (secondary N) is 3. The van der Waals surface area contributed by atoms with Gasteiger partial charge in [-0.25, -0.2) is 0 Å². The summed E-state index contributed by atoms with van der Waals surface area (Å²) in [5.74, 6) is 0.255. The Morgan fingerprint density at radius 1 is 1.03 bits per heavy atom. The van der Waals surface area contributed by atoms with Gasteiger partial charge in [-0.3, -0.25) is 14.4 Å². The fourth-order valence-corrected chi connectivity index (χ4v) is 3.81. The average Bonchev–Trinajstić information content (AvgIpc) is 2.83. The van der Waals surface area contributed by atoms with E-state index < -0.39 is 11.5 Å². The molecular weight excluding hydrogens is 450 g/mol. The highest BCUT2D eigenvalue weighted by Gasteiger charge is 2.18. The van der Waals surface area contributed by atoms with E-state index in [2.05, 4.69) is 15.6 Å². The van der Waals surface area contributed by atoms with Gasteiger partial charge in [0.05, 0.1) is 32.4 Å². The van der Waals surface area contributed by atoms with Crippen LogP contribution in [-0.2, 0) is 0 Å². The molecule has 0 unspecified atom stereocenters. The molecule has 0 aliphatic rings. The summed E-state index contributed by atoms with van der Waals surface area (Å²) in [6.45, 7) is 5.64. The first-order valence-corrected chi connectivity index (χ1v) is 11.3. The normalized spacial score (nSPS) is 11.9. The number of aromatic nitrogens is 1. The van der Waals surface area contributed by atoms with Crippen LogP contribution in [-0.4, -0.2) is 48.8 Å². The molecular formula is C26H31N3O6. The van der Waals surface area contributed by atoms with Crippen molar-refractivity contribution in [3.05, 3.63) is 63.4 Å². The number of hydrogen-bond acceptors (Lipinski definition) is 6. The molecule has 3 aromatic rings. The van der Waals surface area contributed by atoms with Gasteiger partial charge in [-0.1, -0.05) is 19.9 Å². The number of carbonyl (C=O) groups excluding carboxylic acids is 2. The number of aliphatic hydroxyl groups excluding tert-OH is 1. The molecule has 1 aromatic heterocycles. The summed E-state index contributed by atoms with van der Waals surface area (Å²) in [5.41, 5.74) is 1.30. The van der Waals surface area contributed by atoms with Crippen LogP contribution in [0.2, 0.25) is 0 Å². The van der Waals surface area contributed by atoms with Crippen LogP contribution in [0.3, 0.4) is 0 Å². The van der Waals surface area contributed by atoms with Gasteiger partial charge in [0.1, 0.15) is 5.56 Å². The van der Waals surface area contributed by atoms with Gasteiger partial charge in [-0.15, -0.1) is 0 Å². The standard InChI is InChI=1S/C26H31N3O6/c1-14(2)8-18(13-30)27-24(31)16-7-6-15(3)20(10-16)28-25(32)19-9-17-11-22(34-4)23(35-5)12-21(17)29-26(19)33/h6-7,9-12,14,18,30H,8,13H2,1-5H3,(H,27,31)(H,28,32)(H,29,33)/t18-/m0/s1. The number of benzene rings is 2. The summed E-state index contributed by atoms with van der Waals surface area (Å²) in [4.78, 5) is 41.1. The Balaban J connectivity index is 1.87. The van der Waals surface area contributed by atoms with E-state index in [1.54, 1.807) is 37.3 Å². The zero-order valence-electron chi connectivity index (χ0n) is 20.5. The quantitative estimate of drug-likeness (QED) is 0.371. The third-order valence-corrected chi connectivity index (χ3v) is 5.65. The minimum absolute atomic E-state index is 0.0868. The molecule has 9 heteroatoms. The number of H-pyrrole nitrogens is 1. The Morgan fingerprint density at radius 2 is 1.71 bits per heavy atom. The summed E-state index contributed by atoms with van der Waals surface area (Å²) < 4.78 is 10.6. The van der Waals surface area contributed by atoms with Crippen LogP contribution in [0, 0.1) is 12.8 Å². The Bertz CT molecular complexity index is 1300. The lowest BCUT2D eigenvalue weighted by molar-refractivity contribution is 0.0907. The van der Waals surface area contributed by atoms with E-state index in [0.29, 0.717) is 46.0 Å². The fourth-order valence-electron chi connectivity index (χ4n) is 3.81. The first-order chi connectivity index (χ1) is 16.7. The zero-order chi connectivity index (χ0) is 25.7. The highest BCUT2D eigenvalue weighted by molar-refractivity contribution is 6.07. The second kappa shape index (κ2) is 11.1. The number of aromatic amines is 1. The van der Waals surface area contributed by atoms with Crippen LogP contribution in [0.15, 0.2) is 41.2 Å². The minimum Gasteiger partial charge on any atom is -0.493 e. The van der Waals surface area contributed by atoms with E-state index >= 15 is 0 Å². The highest BCUT2D eigenvalue weighted by Crippen LogP contribution is 2.31. The van der Waals surface area contributed by atoms with Crippen molar-refractivity contribution >= 4 is 28.4 Å². The molecule has 1 heterocycles. The zero-order valence-corrected chi connectivity index (χ0v) is 20.5. The van der Waals surface area contributed by atoms with E-state index in [1.807, 2.05) is 13.8 Å². The van der Waals surface area contributed by atoms with E-state index in [4.69, 9.17) is 9.47 Å². The SMILES string of the molecule is COc1cc2cc(C(=O)Nc3cc(C(=O)N[C@H](CO)CC(C)C)ccc3C)c(=O)[nH]c2cc1OC. The van der Waals surface area contributed by atoms with Crippen molar-refractivity contribution in [3.8, 4) is 11.5 Å². The molecule has 1 atom stereocenters. The first-order valence-electron chi connectivity index (χ1n) is 11.3. The predicted octanol–water partition coefficient (Wildman–Crippen LogP) is 3.24. The first kappa shape index (κ1) is 25.8. The van der Waals surface area contributed by atoms with Gasteiger partial charge < -0.3 is 30.2 Å². The maximum atomic E-state index is 13.0. The van der Waals surface area contributed by atoms with Crippen molar-refractivity contribution in [3.63, 3.8) is 0 Å². The van der Waals surface area contributed by atoms with Gasteiger partial charge in [0.2, 0.25) is 0 Å². The average molecular weight is 482 g/mol. The van der Waals surface area contributed by atoms with E-state index in [9.17, 15) is 19.5 Å². The maximum absolute atomic E-state index is 13.0. The van der Waals surface area contributed by atoms with Gasteiger partial charge in [-0.2, -0.15) is 0 Å². The lowest BCUT2D eigenvalue weighted by Gasteiger charge is -2.19. The van der Waals surface area contributed by atoms with Crippen molar-refractivity contribution in [2.24, 2.45) is 5.92 Å². The summed E-state index contributed by atoms with van der Waals surface area (Å²) in [5, 5.41) is 15.7. The number of amides is 2. The largest absolute Gasteiger partial charge is 0.493 e. The Hall–Kier alpha value is -3.85. The molecule has 2 aromatic carbocycles. The molecule has 0 saturated carbocycles. The lowest BCUT2D eigenvalue weighted by atomic mass is 10.0. The van der Waals surface area contributed by atoms with Gasteiger partial charge in [0.25, 0.3) is 17.4 Å². The van der Waals surface area contributed by atoms with Crippen LogP contribution >= 0.6 is 0 Å². The number of rotatable bonds is 9. The predicted molar refractivity (Wildman–Crippen MR) is 135 cm³/mol. The Labute approximate surface area is 203 Å². The molecule has 4 N–H and O–H groups in total. The molecule has 9 nitrogen and oxygen atoms in total. The number of fused-ring (bicyclic) bond motifs is 1. The number of pyridine rings is 1. The molecule has 3 rings (SSSR count). The second-order valence-corrected chi connectivity index (χ2v) is 8.77. The molecule has 0 saturated heterocycles. The Morgan fingerprint density at radius 3 is 2.34 bits per heavy atom. The number of aliphatic hydroxyl groups is 1. The third kappa shape index (κ3) is 5.99. The minimum atomic E-state index is -0.614. The topological polar surface area (TPSA) is 130 Å². The fraction of sp³-hybridized carbons (Fsp3) is 0.346. The number of anilines is 1. The summed E-state index contributed by atoms with van der Waals surface area (Å²) in [6.07, 6.45) is 0.638. The van der Waals surface area contributed by atoms with E-state index in [1.165, 1.54) is 20.3 Å². The molecule has 0 spiro atoms. The van der Waals surface area contributed by atoms with Gasteiger partial charge in [0, 0.05) is 22.7 Å². The maximum Gasteiger partial charge on any atom is 0.261 e. The van der Waals surface area contributed by atoms with Crippen LogP contribution in [0.5, 0.6) is 11.5 Å². The molecule has 0 radical (unpaired) electrons. The van der Waals surface area contributed by atoms with Crippen LogP contribution in [0.4, 0.5) is 5.69 Å². The third-order valence-electron chi connectivity index (χ3n) is 5.65. The van der Waals surface area contributed by atoms with Crippen molar-refractivity contribution in [2.45, 2.75) is 33.2 Å². The molecule has 0 aliphatic heterocycles. The monoisotopic (exact) mass is 481 g/mol. The van der Waals surface area contributed by atoms with Crippen molar-refractivity contribution < 1.29 is 24.2 Å². The summed E-state index contributed by atoms with van der Waals surface area (Å²) in [6, 6.07) is 9.32.